The number of benzene rings is 2. The zero-order chi connectivity index (χ0) is 24.3. The second-order valence-electron chi connectivity index (χ2n) is 8.98. The molecule has 0 aromatic heterocycles. The second-order valence-corrected chi connectivity index (χ2v) is 8.98. The number of amides is 2. The van der Waals surface area contributed by atoms with Gasteiger partial charge in [0, 0.05) is 19.0 Å². The summed E-state index contributed by atoms with van der Waals surface area (Å²) in [5.41, 5.74) is 3.54. The van der Waals surface area contributed by atoms with Crippen molar-refractivity contribution in [3.63, 3.8) is 0 Å². The van der Waals surface area contributed by atoms with Gasteiger partial charge in [-0.05, 0) is 36.1 Å². The number of nitrogens with zero attached hydrogens (tertiary/aromatic N) is 1. The molecule has 1 saturated heterocycles. The third kappa shape index (κ3) is 4.50. The fourth-order valence-electron chi connectivity index (χ4n) is 4.86. The third-order valence-electron chi connectivity index (χ3n) is 6.84. The predicted molar refractivity (Wildman–Crippen MR) is 125 cm³/mol. The molecule has 2 amide bonds. The van der Waals surface area contributed by atoms with Gasteiger partial charge in [0.05, 0.1) is 31.1 Å². The summed E-state index contributed by atoms with van der Waals surface area (Å²) in [5, 5.41) is 11.8. The summed E-state index contributed by atoms with van der Waals surface area (Å²) in [6.07, 6.45) is -0.744. The molecule has 8 nitrogen and oxygen atoms in total. The smallest absolute Gasteiger partial charge is 0.407 e. The van der Waals surface area contributed by atoms with E-state index in [1.807, 2.05) is 24.3 Å². The zero-order valence-corrected chi connectivity index (χ0v) is 19.5. The Kier molecular flexibility index (Phi) is 6.88. The predicted octanol–water partition coefficient (Wildman–Crippen LogP) is 3.25. The topological polar surface area (TPSA) is 105 Å². The fraction of sp³-hybridized carbons (Fsp3) is 0.423. The van der Waals surface area contributed by atoms with Gasteiger partial charge >= 0.3 is 12.1 Å². The van der Waals surface area contributed by atoms with Crippen LogP contribution in [0, 0.1) is 5.41 Å². The quantitative estimate of drug-likeness (QED) is 0.619. The van der Waals surface area contributed by atoms with Crippen LogP contribution in [0.5, 0.6) is 0 Å². The highest BCUT2D eigenvalue weighted by atomic mass is 16.5. The molecule has 34 heavy (non-hydrogen) atoms. The van der Waals surface area contributed by atoms with Crippen molar-refractivity contribution in [2.24, 2.45) is 5.41 Å². The maximum atomic E-state index is 13.2. The highest BCUT2D eigenvalue weighted by molar-refractivity contribution is 5.85. The zero-order valence-electron chi connectivity index (χ0n) is 19.5. The molecular formula is C26H30N2O6. The van der Waals surface area contributed by atoms with E-state index in [9.17, 15) is 14.4 Å². The molecule has 2 N–H and O–H groups in total. The molecule has 4 rings (SSSR count). The van der Waals surface area contributed by atoms with Crippen molar-refractivity contribution >= 4 is 18.0 Å². The minimum Gasteiger partial charge on any atom is -0.481 e. The van der Waals surface area contributed by atoms with Gasteiger partial charge < -0.3 is 24.8 Å². The number of rotatable bonds is 8. The molecule has 2 aliphatic rings. The number of alkyl carbamates (subject to hydrolysis) is 1. The molecule has 1 heterocycles. The number of nitrogens with one attached hydrogen (secondary N) is 1. The number of fused-ring (bicyclic) bond motifs is 3. The average molecular weight is 467 g/mol. The average Bonchev–Trinajstić information content (AvgIpc) is 3.36. The van der Waals surface area contributed by atoms with Gasteiger partial charge in [-0.1, -0.05) is 48.5 Å². The van der Waals surface area contributed by atoms with Crippen LogP contribution in [0.15, 0.2) is 48.5 Å². The number of carbonyl (C=O) groups is 3. The van der Waals surface area contributed by atoms with Gasteiger partial charge in [-0.2, -0.15) is 0 Å². The van der Waals surface area contributed by atoms with Crippen LogP contribution >= 0.6 is 0 Å². The highest BCUT2D eigenvalue weighted by Gasteiger charge is 2.49. The van der Waals surface area contributed by atoms with Crippen molar-refractivity contribution in [3.05, 3.63) is 59.7 Å². The number of carboxylic acid groups (broad SMARTS) is 1. The molecular weight excluding hydrogens is 436 g/mol. The van der Waals surface area contributed by atoms with E-state index in [0.29, 0.717) is 6.54 Å². The van der Waals surface area contributed by atoms with Crippen molar-refractivity contribution in [1.29, 1.82) is 0 Å². The summed E-state index contributed by atoms with van der Waals surface area (Å²) in [6.45, 7) is 4.52. The fourth-order valence-corrected chi connectivity index (χ4v) is 4.86. The van der Waals surface area contributed by atoms with E-state index in [0.717, 1.165) is 22.3 Å². The van der Waals surface area contributed by atoms with E-state index < -0.39 is 23.5 Å². The Morgan fingerprint density at radius 1 is 1.12 bits per heavy atom. The molecule has 1 fully saturated rings. The molecule has 180 valence electrons. The lowest BCUT2D eigenvalue weighted by Crippen LogP contribution is -2.54. The van der Waals surface area contributed by atoms with Crippen LogP contribution < -0.4 is 5.32 Å². The first-order valence-electron chi connectivity index (χ1n) is 11.6. The van der Waals surface area contributed by atoms with E-state index >= 15 is 0 Å². The van der Waals surface area contributed by atoms with Crippen LogP contribution in [-0.2, 0) is 19.1 Å². The van der Waals surface area contributed by atoms with Crippen LogP contribution in [-0.4, -0.2) is 66.9 Å². The Labute approximate surface area is 198 Å². The first-order valence-corrected chi connectivity index (χ1v) is 11.6. The third-order valence-corrected chi connectivity index (χ3v) is 6.84. The largest absolute Gasteiger partial charge is 0.481 e. The number of carboxylic acids is 1. The summed E-state index contributed by atoms with van der Waals surface area (Å²) in [6, 6.07) is 15.6. The van der Waals surface area contributed by atoms with Crippen LogP contribution in [0.2, 0.25) is 0 Å². The Balaban J connectivity index is 1.41. The lowest BCUT2D eigenvalue weighted by atomic mass is 9.83. The molecule has 0 saturated carbocycles. The number of aliphatic carboxylic acids is 1. The van der Waals surface area contributed by atoms with Gasteiger partial charge in [0.15, 0.2) is 0 Å². The van der Waals surface area contributed by atoms with Gasteiger partial charge in [-0.3, -0.25) is 9.59 Å². The van der Waals surface area contributed by atoms with Crippen LogP contribution in [0.3, 0.4) is 0 Å². The standard InChI is InChI=1S/C26H30N2O6/c1-3-28(13-12-23(29)30)24(31)26(2)16-33-15-22(26)27-25(32)34-14-21-19-10-6-4-8-17(19)18-9-5-7-11-20(18)21/h4-11,21-22H,3,12-16H2,1-2H3,(H,27,32)(H,29,30). The molecule has 8 heteroatoms. The summed E-state index contributed by atoms with van der Waals surface area (Å²) in [7, 11) is 0. The highest BCUT2D eigenvalue weighted by Crippen LogP contribution is 2.44. The number of hydrogen-bond donors (Lipinski definition) is 2. The van der Waals surface area contributed by atoms with Gasteiger partial charge in [-0.15, -0.1) is 0 Å². The van der Waals surface area contributed by atoms with Crippen molar-refractivity contribution in [1.82, 2.24) is 10.2 Å². The number of ether oxygens (including phenoxy) is 2. The van der Waals surface area contributed by atoms with E-state index in [2.05, 4.69) is 29.6 Å². The number of carbonyl (C=O) groups excluding carboxylic acids is 2. The van der Waals surface area contributed by atoms with E-state index in [1.54, 1.807) is 13.8 Å². The van der Waals surface area contributed by atoms with Crippen molar-refractivity contribution < 1.29 is 29.0 Å². The molecule has 0 spiro atoms. The van der Waals surface area contributed by atoms with Gasteiger partial charge in [0.25, 0.3) is 0 Å². The molecule has 0 radical (unpaired) electrons. The van der Waals surface area contributed by atoms with E-state index in [4.69, 9.17) is 14.6 Å². The molecule has 1 aliphatic heterocycles. The summed E-state index contributed by atoms with van der Waals surface area (Å²) >= 11 is 0. The normalized spacial score (nSPS) is 20.9. The number of hydrogen-bond acceptors (Lipinski definition) is 5. The monoisotopic (exact) mass is 466 g/mol. The SMILES string of the molecule is CCN(CCC(=O)O)C(=O)C1(C)COCC1NC(=O)OCC1c2ccccc2-c2ccccc21. The van der Waals surface area contributed by atoms with E-state index in [-0.39, 0.29) is 44.6 Å². The molecule has 2 atom stereocenters. The summed E-state index contributed by atoms with van der Waals surface area (Å²) in [4.78, 5) is 38.4. The van der Waals surface area contributed by atoms with Crippen LogP contribution in [0.4, 0.5) is 4.79 Å². The molecule has 1 aliphatic carbocycles. The summed E-state index contributed by atoms with van der Waals surface area (Å²) < 4.78 is 11.2. The first-order chi connectivity index (χ1) is 16.3. The van der Waals surface area contributed by atoms with E-state index in [1.165, 1.54) is 4.90 Å². The molecule has 2 aromatic carbocycles. The lowest BCUT2D eigenvalue weighted by Gasteiger charge is -2.34. The molecule has 2 unspecified atom stereocenters. The van der Waals surface area contributed by atoms with Gasteiger partial charge in [0.2, 0.25) is 5.91 Å². The van der Waals surface area contributed by atoms with Crippen LogP contribution in [0.25, 0.3) is 11.1 Å². The molecule has 2 aromatic rings. The van der Waals surface area contributed by atoms with Crippen molar-refractivity contribution in [2.75, 3.05) is 32.9 Å². The Morgan fingerprint density at radius 2 is 1.74 bits per heavy atom. The van der Waals surface area contributed by atoms with Crippen molar-refractivity contribution in [2.45, 2.75) is 32.2 Å². The molecule has 0 bridgehead atoms. The van der Waals surface area contributed by atoms with Crippen molar-refractivity contribution in [3.8, 4) is 11.1 Å². The first kappa shape index (κ1) is 23.8. The minimum absolute atomic E-state index is 0.0578. The van der Waals surface area contributed by atoms with Gasteiger partial charge in [-0.25, -0.2) is 4.79 Å². The lowest BCUT2D eigenvalue weighted by molar-refractivity contribution is -0.143. The minimum atomic E-state index is -1.000. The van der Waals surface area contributed by atoms with Crippen LogP contribution in [0.1, 0.15) is 37.3 Å². The Morgan fingerprint density at radius 3 is 2.32 bits per heavy atom. The maximum absolute atomic E-state index is 13.2. The maximum Gasteiger partial charge on any atom is 0.407 e. The summed E-state index contributed by atoms with van der Waals surface area (Å²) in [5.74, 6) is -1.26. The Bertz CT molecular complexity index is 1040. The second kappa shape index (κ2) is 9.85. The Hall–Kier alpha value is -3.39. The van der Waals surface area contributed by atoms with Gasteiger partial charge in [0.1, 0.15) is 6.61 Å².